The molecule has 126 valence electrons. The zero-order valence-electron chi connectivity index (χ0n) is 13.6. The van der Waals surface area contributed by atoms with Crippen LogP contribution in [-0.4, -0.2) is 49.6 Å². The van der Waals surface area contributed by atoms with Gasteiger partial charge in [0.1, 0.15) is 0 Å². The lowest BCUT2D eigenvalue weighted by Crippen LogP contribution is -2.53. The third-order valence-corrected chi connectivity index (χ3v) is 4.28. The third kappa shape index (κ3) is 3.25. The zero-order valence-corrected chi connectivity index (χ0v) is 13.6. The Bertz CT molecular complexity index is 762. The molecule has 2 atom stereocenters. The van der Waals surface area contributed by atoms with E-state index in [1.165, 1.54) is 4.90 Å². The third-order valence-electron chi connectivity index (χ3n) is 4.28. The molecule has 2 unspecified atom stereocenters. The first kappa shape index (κ1) is 16.4. The zero-order chi connectivity index (χ0) is 17.1. The monoisotopic (exact) mass is 327 g/mol. The predicted molar refractivity (Wildman–Crippen MR) is 91.3 cm³/mol. The van der Waals surface area contributed by atoms with Crippen LogP contribution in [0.4, 0.5) is 0 Å². The number of hydrogen-bond donors (Lipinski definition) is 2. The molecular weight excluding hydrogens is 306 g/mol. The van der Waals surface area contributed by atoms with E-state index in [2.05, 4.69) is 5.32 Å². The van der Waals surface area contributed by atoms with Crippen LogP contribution < -0.4 is 11.1 Å². The second-order valence-corrected chi connectivity index (χ2v) is 5.91. The SMILES string of the molecule is CN1CCOC(C(=O)NC(CN)c2ccc3ccccc3c2)C1=O. The minimum Gasteiger partial charge on any atom is -0.357 e. The van der Waals surface area contributed by atoms with Gasteiger partial charge < -0.3 is 20.7 Å². The van der Waals surface area contributed by atoms with Crippen LogP contribution in [0.1, 0.15) is 11.6 Å². The standard InChI is InChI=1S/C18H21N3O3/c1-21-8-9-24-16(18(21)23)17(22)20-15(11-19)14-7-6-12-4-2-3-5-13(12)10-14/h2-7,10,15-16H,8-9,11,19H2,1H3,(H,20,22). The number of hydrogen-bond acceptors (Lipinski definition) is 4. The summed E-state index contributed by atoms with van der Waals surface area (Å²) in [5.74, 6) is -0.775. The molecule has 3 N–H and O–H groups in total. The van der Waals surface area contributed by atoms with Crippen molar-refractivity contribution in [3.05, 3.63) is 48.0 Å². The molecule has 3 rings (SSSR count). The summed E-state index contributed by atoms with van der Waals surface area (Å²) in [4.78, 5) is 26.0. The maximum absolute atomic E-state index is 12.4. The van der Waals surface area contributed by atoms with Crippen molar-refractivity contribution in [3.8, 4) is 0 Å². The molecule has 6 heteroatoms. The Balaban J connectivity index is 1.78. The number of nitrogens with one attached hydrogen (secondary N) is 1. The van der Waals surface area contributed by atoms with Gasteiger partial charge >= 0.3 is 0 Å². The van der Waals surface area contributed by atoms with E-state index in [4.69, 9.17) is 10.5 Å². The van der Waals surface area contributed by atoms with E-state index < -0.39 is 12.0 Å². The Morgan fingerprint density at radius 3 is 2.83 bits per heavy atom. The van der Waals surface area contributed by atoms with E-state index in [0.717, 1.165) is 16.3 Å². The first-order chi connectivity index (χ1) is 11.6. The minimum atomic E-state index is -1.10. The number of fused-ring (bicyclic) bond motifs is 1. The van der Waals surface area contributed by atoms with Crippen LogP contribution in [0.25, 0.3) is 10.8 Å². The number of nitrogens with zero attached hydrogens (tertiary/aromatic N) is 1. The topological polar surface area (TPSA) is 84.7 Å². The fraction of sp³-hybridized carbons (Fsp3) is 0.333. The molecule has 6 nitrogen and oxygen atoms in total. The van der Waals surface area contributed by atoms with Crippen LogP contribution in [0.2, 0.25) is 0 Å². The van der Waals surface area contributed by atoms with Crippen molar-refractivity contribution in [1.29, 1.82) is 0 Å². The Labute approximate surface area is 140 Å². The second kappa shape index (κ2) is 6.98. The average Bonchev–Trinajstić information content (AvgIpc) is 2.61. The van der Waals surface area contributed by atoms with Crippen molar-refractivity contribution in [2.45, 2.75) is 12.1 Å². The van der Waals surface area contributed by atoms with Gasteiger partial charge in [0.2, 0.25) is 6.10 Å². The molecule has 0 aromatic heterocycles. The van der Waals surface area contributed by atoms with E-state index in [9.17, 15) is 9.59 Å². The van der Waals surface area contributed by atoms with E-state index >= 15 is 0 Å². The normalized spacial score (nSPS) is 19.3. The Hall–Kier alpha value is -2.44. The Morgan fingerprint density at radius 1 is 1.33 bits per heavy atom. The summed E-state index contributed by atoms with van der Waals surface area (Å²) in [7, 11) is 1.66. The maximum Gasteiger partial charge on any atom is 0.261 e. The van der Waals surface area contributed by atoms with Gasteiger partial charge in [-0.05, 0) is 22.4 Å². The van der Waals surface area contributed by atoms with Crippen molar-refractivity contribution in [1.82, 2.24) is 10.2 Å². The second-order valence-electron chi connectivity index (χ2n) is 5.91. The highest BCUT2D eigenvalue weighted by molar-refractivity contribution is 6.03. The number of likely N-dealkylation sites (N-methyl/N-ethyl adjacent to an activating group) is 1. The molecule has 0 bridgehead atoms. The molecule has 0 radical (unpaired) electrons. The molecule has 2 aromatic rings. The molecular formula is C18H21N3O3. The number of nitrogens with two attached hydrogens (primary N) is 1. The number of benzene rings is 2. The van der Waals surface area contributed by atoms with Crippen molar-refractivity contribution >= 4 is 22.6 Å². The van der Waals surface area contributed by atoms with E-state index in [0.29, 0.717) is 13.2 Å². The van der Waals surface area contributed by atoms with Gasteiger partial charge in [-0.2, -0.15) is 0 Å². The predicted octanol–water partition coefficient (Wildman–Crippen LogP) is 0.813. The molecule has 1 aliphatic heterocycles. The largest absolute Gasteiger partial charge is 0.357 e. The van der Waals surface area contributed by atoms with Gasteiger partial charge in [-0.25, -0.2) is 0 Å². The molecule has 0 aliphatic carbocycles. The number of rotatable bonds is 4. The van der Waals surface area contributed by atoms with Crippen molar-refractivity contribution < 1.29 is 14.3 Å². The number of morpholine rings is 1. The van der Waals surface area contributed by atoms with Gasteiger partial charge in [0.05, 0.1) is 12.6 Å². The van der Waals surface area contributed by atoms with E-state index in [1.54, 1.807) is 7.05 Å². The summed E-state index contributed by atoms with van der Waals surface area (Å²) >= 11 is 0. The van der Waals surface area contributed by atoms with Crippen LogP contribution in [0.5, 0.6) is 0 Å². The molecule has 0 spiro atoms. The summed E-state index contributed by atoms with van der Waals surface area (Å²) in [6.07, 6.45) is -1.10. The molecule has 1 fully saturated rings. The van der Waals surface area contributed by atoms with Crippen LogP contribution >= 0.6 is 0 Å². The van der Waals surface area contributed by atoms with Crippen molar-refractivity contribution in [3.63, 3.8) is 0 Å². The number of carbonyl (C=O) groups is 2. The highest BCUT2D eigenvalue weighted by Crippen LogP contribution is 2.20. The molecule has 0 saturated carbocycles. The van der Waals surface area contributed by atoms with Gasteiger partial charge in [-0.3, -0.25) is 9.59 Å². The molecule has 2 aromatic carbocycles. The van der Waals surface area contributed by atoms with Crippen molar-refractivity contribution in [2.75, 3.05) is 26.7 Å². The fourth-order valence-electron chi connectivity index (χ4n) is 2.83. The molecule has 1 aliphatic rings. The molecule has 1 heterocycles. The number of ether oxygens (including phenoxy) is 1. The van der Waals surface area contributed by atoms with Gasteiger partial charge in [-0.1, -0.05) is 36.4 Å². The van der Waals surface area contributed by atoms with E-state index in [1.807, 2.05) is 42.5 Å². The summed E-state index contributed by atoms with van der Waals surface area (Å²) in [6.45, 7) is 1.08. The quantitative estimate of drug-likeness (QED) is 0.814. The summed E-state index contributed by atoms with van der Waals surface area (Å²) in [6, 6.07) is 13.6. The van der Waals surface area contributed by atoms with Gasteiger partial charge in [0, 0.05) is 20.1 Å². The van der Waals surface area contributed by atoms with Gasteiger partial charge in [-0.15, -0.1) is 0 Å². The smallest absolute Gasteiger partial charge is 0.261 e. The van der Waals surface area contributed by atoms with Crippen LogP contribution in [-0.2, 0) is 14.3 Å². The van der Waals surface area contributed by atoms with E-state index in [-0.39, 0.29) is 18.5 Å². The first-order valence-electron chi connectivity index (χ1n) is 7.96. The van der Waals surface area contributed by atoms with Crippen LogP contribution in [0.15, 0.2) is 42.5 Å². The number of carbonyl (C=O) groups excluding carboxylic acids is 2. The molecule has 24 heavy (non-hydrogen) atoms. The lowest BCUT2D eigenvalue weighted by Gasteiger charge is -2.29. The molecule has 1 saturated heterocycles. The van der Waals surface area contributed by atoms with Gasteiger partial charge in [0.25, 0.3) is 11.8 Å². The fourth-order valence-corrected chi connectivity index (χ4v) is 2.83. The minimum absolute atomic E-state index is 0.237. The Morgan fingerprint density at radius 2 is 2.08 bits per heavy atom. The Kier molecular flexibility index (Phi) is 4.78. The summed E-state index contributed by atoms with van der Waals surface area (Å²) < 4.78 is 5.33. The first-order valence-corrected chi connectivity index (χ1v) is 7.96. The van der Waals surface area contributed by atoms with Crippen molar-refractivity contribution in [2.24, 2.45) is 5.73 Å². The average molecular weight is 327 g/mol. The van der Waals surface area contributed by atoms with Crippen LogP contribution in [0, 0.1) is 0 Å². The van der Waals surface area contributed by atoms with Crippen LogP contribution in [0.3, 0.4) is 0 Å². The highest BCUT2D eigenvalue weighted by atomic mass is 16.5. The lowest BCUT2D eigenvalue weighted by molar-refractivity contribution is -0.159. The number of amides is 2. The van der Waals surface area contributed by atoms with Gasteiger partial charge in [0.15, 0.2) is 0 Å². The molecule has 2 amide bonds. The maximum atomic E-state index is 12.4. The highest BCUT2D eigenvalue weighted by Gasteiger charge is 2.34. The summed E-state index contributed by atoms with van der Waals surface area (Å²) in [5.41, 5.74) is 6.74. The lowest BCUT2D eigenvalue weighted by atomic mass is 10.0. The summed E-state index contributed by atoms with van der Waals surface area (Å²) in [5, 5.41) is 5.03.